The molecule has 0 aromatic heterocycles. The second kappa shape index (κ2) is 8.18. The summed E-state index contributed by atoms with van der Waals surface area (Å²) >= 11 is 0. The fourth-order valence-electron chi connectivity index (χ4n) is 6.54. The summed E-state index contributed by atoms with van der Waals surface area (Å²) < 4.78 is 5.77. The number of nitrogens with zero attached hydrogens (tertiary/aromatic N) is 2. The van der Waals surface area contributed by atoms with Gasteiger partial charge in [0.25, 0.3) is 11.8 Å². The normalized spacial score (nSPS) is 23.2. The Morgan fingerprint density at radius 2 is 1.32 bits per heavy atom. The van der Waals surface area contributed by atoms with E-state index < -0.39 is 11.8 Å². The maximum Gasteiger partial charge on any atom is 0.254 e. The molecule has 5 nitrogen and oxygen atoms in total. The van der Waals surface area contributed by atoms with E-state index in [9.17, 15) is 9.59 Å². The van der Waals surface area contributed by atoms with Gasteiger partial charge in [0.15, 0.2) is 0 Å². The number of fused-ring (bicyclic) bond motifs is 1. The fraction of sp³-hybridized carbons (Fsp3) is 0.156. The standard InChI is InChI=1S/C32H22N2O3/c1-2-17-37-26-16-15-19-9-3-4-10-20(19)25(26)18-33-34-31(35)29-27-21-11-5-6-12-22(21)28(30(29)32(34)36)24-14-8-7-13-23(24)27/h1,3-16,18,27-30H,17H2/b33-18-/t27?,28?,29-,30+. The molecule has 4 aliphatic rings. The lowest BCUT2D eigenvalue weighted by Gasteiger charge is -2.45. The highest BCUT2D eigenvalue weighted by Crippen LogP contribution is 2.60. The van der Waals surface area contributed by atoms with Gasteiger partial charge in [0, 0.05) is 17.4 Å². The van der Waals surface area contributed by atoms with E-state index >= 15 is 0 Å². The van der Waals surface area contributed by atoms with E-state index in [0.717, 1.165) is 38.0 Å². The Balaban J connectivity index is 1.32. The van der Waals surface area contributed by atoms with Crippen LogP contribution in [0.25, 0.3) is 10.8 Å². The van der Waals surface area contributed by atoms with E-state index in [-0.39, 0.29) is 30.3 Å². The van der Waals surface area contributed by atoms with Gasteiger partial charge < -0.3 is 4.74 Å². The van der Waals surface area contributed by atoms with E-state index in [4.69, 9.17) is 11.2 Å². The summed E-state index contributed by atoms with van der Waals surface area (Å²) in [5.74, 6) is 1.27. The van der Waals surface area contributed by atoms with Crippen molar-refractivity contribution >= 4 is 28.8 Å². The van der Waals surface area contributed by atoms with Crippen LogP contribution in [0.15, 0.2) is 90.0 Å². The molecular weight excluding hydrogens is 460 g/mol. The molecular formula is C32H22N2O3. The predicted octanol–water partition coefficient (Wildman–Crippen LogP) is 5.08. The molecule has 5 heteroatoms. The molecule has 8 rings (SSSR count). The molecule has 4 aromatic rings. The summed E-state index contributed by atoms with van der Waals surface area (Å²) in [6.07, 6.45) is 6.97. The number of hydrogen-bond acceptors (Lipinski definition) is 4. The molecule has 0 N–H and O–H groups in total. The molecule has 2 amide bonds. The Hall–Kier alpha value is -4.69. The Kier molecular flexibility index (Phi) is 4.77. The summed E-state index contributed by atoms with van der Waals surface area (Å²) in [7, 11) is 0. The monoisotopic (exact) mass is 482 g/mol. The molecule has 2 atom stereocenters. The lowest BCUT2D eigenvalue weighted by atomic mass is 9.55. The van der Waals surface area contributed by atoms with Gasteiger partial charge in [-0.05, 0) is 39.1 Å². The van der Waals surface area contributed by atoms with E-state index in [1.165, 1.54) is 0 Å². The molecule has 1 aliphatic heterocycles. The van der Waals surface area contributed by atoms with Gasteiger partial charge in [0.1, 0.15) is 12.4 Å². The first kappa shape index (κ1) is 21.6. The largest absolute Gasteiger partial charge is 0.480 e. The summed E-state index contributed by atoms with van der Waals surface area (Å²) in [6, 6.07) is 28.0. The van der Waals surface area contributed by atoms with E-state index in [1.54, 1.807) is 6.21 Å². The Bertz CT molecular complexity index is 1570. The number of rotatable bonds is 4. The van der Waals surface area contributed by atoms with Gasteiger partial charge in [0.2, 0.25) is 0 Å². The minimum Gasteiger partial charge on any atom is -0.480 e. The number of carbonyl (C=O) groups is 2. The van der Waals surface area contributed by atoms with E-state index in [2.05, 4.69) is 35.3 Å². The van der Waals surface area contributed by atoms with Gasteiger partial charge in [-0.1, -0.05) is 84.8 Å². The van der Waals surface area contributed by atoms with Crippen molar-refractivity contribution in [3.8, 4) is 18.1 Å². The first-order valence-corrected chi connectivity index (χ1v) is 12.4. The van der Waals surface area contributed by atoms with Crippen LogP contribution >= 0.6 is 0 Å². The number of amides is 2. The molecule has 0 spiro atoms. The maximum atomic E-state index is 13.8. The minimum atomic E-state index is -0.468. The van der Waals surface area contributed by atoms with Crippen LogP contribution in [-0.2, 0) is 9.59 Å². The highest BCUT2D eigenvalue weighted by Gasteiger charge is 2.61. The van der Waals surface area contributed by atoms with Crippen LogP contribution in [0.1, 0.15) is 39.7 Å². The van der Waals surface area contributed by atoms with Crippen LogP contribution in [0, 0.1) is 24.2 Å². The third-order valence-electron chi connectivity index (χ3n) is 7.97. The summed E-state index contributed by atoms with van der Waals surface area (Å²) in [5.41, 5.74) is 5.23. The van der Waals surface area contributed by atoms with Gasteiger partial charge in [0.05, 0.1) is 18.1 Å². The fourth-order valence-corrected chi connectivity index (χ4v) is 6.54. The highest BCUT2D eigenvalue weighted by molar-refractivity contribution is 6.09. The third kappa shape index (κ3) is 3.02. The number of imide groups is 1. The second-order valence-electron chi connectivity index (χ2n) is 9.69. The molecule has 37 heavy (non-hydrogen) atoms. The quantitative estimate of drug-likeness (QED) is 0.232. The highest BCUT2D eigenvalue weighted by atomic mass is 16.5. The summed E-state index contributed by atoms with van der Waals surface area (Å²) in [5, 5.41) is 7.48. The zero-order valence-electron chi connectivity index (χ0n) is 19.9. The van der Waals surface area contributed by atoms with Crippen molar-refractivity contribution in [2.45, 2.75) is 11.8 Å². The molecule has 2 bridgehead atoms. The number of hydrogen-bond donors (Lipinski definition) is 0. The van der Waals surface area contributed by atoms with Crippen LogP contribution < -0.4 is 4.74 Å². The first-order valence-electron chi connectivity index (χ1n) is 12.4. The van der Waals surface area contributed by atoms with Crippen molar-refractivity contribution in [3.05, 3.63) is 113 Å². The van der Waals surface area contributed by atoms with Gasteiger partial charge in [-0.25, -0.2) is 0 Å². The predicted molar refractivity (Wildman–Crippen MR) is 141 cm³/mol. The SMILES string of the molecule is C#CCOc1ccc2ccccc2c1/C=N\N1C(=O)[C@@H]2C3c4ccccc4C(c4ccccc43)[C@@H]2C1=O. The van der Waals surface area contributed by atoms with Gasteiger partial charge >= 0.3 is 0 Å². The van der Waals surface area contributed by atoms with Crippen LogP contribution in [0.2, 0.25) is 0 Å². The number of hydrazone groups is 1. The second-order valence-corrected chi connectivity index (χ2v) is 9.69. The van der Waals surface area contributed by atoms with Crippen LogP contribution in [0.3, 0.4) is 0 Å². The van der Waals surface area contributed by atoms with Crippen molar-refractivity contribution in [2.75, 3.05) is 6.61 Å². The molecule has 1 fully saturated rings. The first-order chi connectivity index (χ1) is 18.2. The molecule has 0 radical (unpaired) electrons. The number of ether oxygens (including phenoxy) is 1. The average molecular weight is 483 g/mol. The van der Waals surface area contributed by atoms with Gasteiger partial charge in [-0.2, -0.15) is 10.1 Å². The van der Waals surface area contributed by atoms with Crippen LogP contribution in [-0.4, -0.2) is 29.6 Å². The molecule has 0 saturated carbocycles. The van der Waals surface area contributed by atoms with Crippen molar-refractivity contribution in [2.24, 2.45) is 16.9 Å². The van der Waals surface area contributed by atoms with Crippen LogP contribution in [0.5, 0.6) is 5.75 Å². The Morgan fingerprint density at radius 3 is 1.89 bits per heavy atom. The number of terminal acetylenes is 1. The van der Waals surface area contributed by atoms with Gasteiger partial charge in [-0.15, -0.1) is 6.42 Å². The smallest absolute Gasteiger partial charge is 0.254 e. The number of carbonyl (C=O) groups excluding carboxylic acids is 2. The van der Waals surface area contributed by atoms with Crippen molar-refractivity contribution in [1.82, 2.24) is 5.01 Å². The molecule has 1 heterocycles. The number of benzene rings is 4. The van der Waals surface area contributed by atoms with E-state index in [1.807, 2.05) is 60.7 Å². The molecule has 1 saturated heterocycles. The Morgan fingerprint density at radius 1 is 0.784 bits per heavy atom. The molecule has 3 aliphatic carbocycles. The Labute approximate surface area is 214 Å². The van der Waals surface area contributed by atoms with Crippen molar-refractivity contribution in [3.63, 3.8) is 0 Å². The average Bonchev–Trinajstić information content (AvgIpc) is 3.20. The van der Waals surface area contributed by atoms with Crippen LogP contribution in [0.4, 0.5) is 0 Å². The summed E-state index contributed by atoms with van der Waals surface area (Å²) in [4.78, 5) is 27.7. The van der Waals surface area contributed by atoms with Crippen molar-refractivity contribution in [1.29, 1.82) is 0 Å². The van der Waals surface area contributed by atoms with E-state index in [0.29, 0.717) is 11.3 Å². The minimum absolute atomic E-state index is 0.102. The van der Waals surface area contributed by atoms with Gasteiger partial charge in [-0.3, -0.25) is 9.59 Å². The maximum absolute atomic E-state index is 13.8. The molecule has 4 aromatic carbocycles. The third-order valence-corrected chi connectivity index (χ3v) is 7.97. The van der Waals surface area contributed by atoms with Crippen molar-refractivity contribution < 1.29 is 14.3 Å². The summed E-state index contributed by atoms with van der Waals surface area (Å²) in [6.45, 7) is 0.102. The molecule has 0 unspecified atom stereocenters. The zero-order chi connectivity index (χ0) is 25.1. The lowest BCUT2D eigenvalue weighted by Crippen LogP contribution is -2.41. The zero-order valence-corrected chi connectivity index (χ0v) is 19.9. The lowest BCUT2D eigenvalue weighted by molar-refractivity contribution is -0.139. The topological polar surface area (TPSA) is 59.0 Å². The molecule has 178 valence electrons.